The number of rotatable bonds is 9. The molecule has 2 aromatic carbocycles. The second kappa shape index (κ2) is 10.2. The molecule has 3 rings (SSSR count). The third-order valence-electron chi connectivity index (χ3n) is 3.75. The molecule has 0 aliphatic carbocycles. The Balaban J connectivity index is 1.59. The van der Waals surface area contributed by atoms with E-state index in [1.807, 2.05) is 28.8 Å². The van der Waals surface area contributed by atoms with Crippen LogP contribution < -0.4 is 10.1 Å². The normalized spacial score (nSPS) is 10.6. The Kier molecular flexibility index (Phi) is 7.42. The summed E-state index contributed by atoms with van der Waals surface area (Å²) in [5, 5.41) is 11.6. The Morgan fingerprint density at radius 1 is 1.21 bits per heavy atom. The standard InChI is InChI=1S/C20H18BrFN4O2S/c1-2-11-26-18(12-28-17-9-3-14(21)4-10-17)24-25-20(26)29-13-19(27)23-16-7-5-15(22)6-8-16/h2-10H,1,11-13H2,(H,23,27). The zero-order valence-electron chi connectivity index (χ0n) is 15.3. The summed E-state index contributed by atoms with van der Waals surface area (Å²) in [6.07, 6.45) is 1.73. The topological polar surface area (TPSA) is 69.0 Å². The molecule has 1 N–H and O–H groups in total. The first-order valence-corrected chi connectivity index (χ1v) is 10.4. The van der Waals surface area contributed by atoms with Crippen LogP contribution in [0.2, 0.25) is 0 Å². The van der Waals surface area contributed by atoms with Gasteiger partial charge in [-0.2, -0.15) is 0 Å². The summed E-state index contributed by atoms with van der Waals surface area (Å²) in [6.45, 7) is 4.50. The molecular formula is C20H18BrFN4O2S. The first-order chi connectivity index (χ1) is 14.0. The molecule has 6 nitrogen and oxygen atoms in total. The molecule has 0 spiro atoms. The van der Waals surface area contributed by atoms with Crippen molar-refractivity contribution in [1.29, 1.82) is 0 Å². The summed E-state index contributed by atoms with van der Waals surface area (Å²) >= 11 is 4.64. The third kappa shape index (κ3) is 6.16. The lowest BCUT2D eigenvalue weighted by atomic mass is 10.3. The fourth-order valence-corrected chi connectivity index (χ4v) is 3.42. The van der Waals surface area contributed by atoms with E-state index >= 15 is 0 Å². The Bertz CT molecular complexity index is 977. The molecule has 0 saturated heterocycles. The predicted molar refractivity (Wildman–Crippen MR) is 114 cm³/mol. The van der Waals surface area contributed by atoms with Crippen LogP contribution in [0.5, 0.6) is 5.75 Å². The van der Waals surface area contributed by atoms with E-state index < -0.39 is 0 Å². The van der Waals surface area contributed by atoms with Gasteiger partial charge in [-0.1, -0.05) is 33.8 Å². The molecule has 29 heavy (non-hydrogen) atoms. The quantitative estimate of drug-likeness (QED) is 0.358. The van der Waals surface area contributed by atoms with E-state index in [-0.39, 0.29) is 24.1 Å². The maximum atomic E-state index is 12.9. The molecule has 0 aliphatic heterocycles. The molecular weight excluding hydrogens is 459 g/mol. The number of benzene rings is 2. The van der Waals surface area contributed by atoms with Gasteiger partial charge < -0.3 is 10.1 Å². The van der Waals surface area contributed by atoms with E-state index in [4.69, 9.17) is 4.74 Å². The molecule has 0 fully saturated rings. The van der Waals surface area contributed by atoms with Crippen molar-refractivity contribution in [1.82, 2.24) is 14.8 Å². The molecule has 0 atom stereocenters. The second-order valence-corrected chi connectivity index (χ2v) is 7.74. The van der Waals surface area contributed by atoms with Crippen LogP contribution in [0.4, 0.5) is 10.1 Å². The molecule has 1 heterocycles. The highest BCUT2D eigenvalue weighted by Gasteiger charge is 2.14. The average molecular weight is 477 g/mol. The number of allylic oxidation sites excluding steroid dienone is 1. The number of ether oxygens (including phenoxy) is 1. The van der Waals surface area contributed by atoms with Gasteiger partial charge in [0, 0.05) is 16.7 Å². The van der Waals surface area contributed by atoms with Gasteiger partial charge in [0.2, 0.25) is 5.91 Å². The Morgan fingerprint density at radius 3 is 2.62 bits per heavy atom. The number of nitrogens with one attached hydrogen (secondary N) is 1. The predicted octanol–water partition coefficient (Wildman–Crippen LogP) is 4.68. The van der Waals surface area contributed by atoms with Crippen LogP contribution in [0.3, 0.4) is 0 Å². The number of thioether (sulfide) groups is 1. The molecule has 1 amide bonds. The number of carbonyl (C=O) groups excluding carboxylic acids is 1. The van der Waals surface area contributed by atoms with Crippen LogP contribution in [-0.4, -0.2) is 26.4 Å². The fraction of sp³-hybridized carbons (Fsp3) is 0.150. The van der Waals surface area contributed by atoms with E-state index in [2.05, 4.69) is 38.0 Å². The van der Waals surface area contributed by atoms with Gasteiger partial charge in [0.15, 0.2) is 11.0 Å². The smallest absolute Gasteiger partial charge is 0.234 e. The molecule has 0 aliphatic rings. The monoisotopic (exact) mass is 476 g/mol. The second-order valence-electron chi connectivity index (χ2n) is 5.88. The van der Waals surface area contributed by atoms with Crippen molar-refractivity contribution in [3.63, 3.8) is 0 Å². The lowest BCUT2D eigenvalue weighted by molar-refractivity contribution is -0.113. The number of amides is 1. The lowest BCUT2D eigenvalue weighted by Crippen LogP contribution is -2.15. The van der Waals surface area contributed by atoms with Gasteiger partial charge in [-0.05, 0) is 48.5 Å². The average Bonchev–Trinajstić information content (AvgIpc) is 3.10. The van der Waals surface area contributed by atoms with E-state index in [1.54, 1.807) is 6.08 Å². The summed E-state index contributed by atoms with van der Waals surface area (Å²) < 4.78 is 21.5. The number of anilines is 1. The van der Waals surface area contributed by atoms with E-state index in [0.29, 0.717) is 29.0 Å². The highest BCUT2D eigenvalue weighted by atomic mass is 79.9. The number of halogens is 2. The highest BCUT2D eigenvalue weighted by molar-refractivity contribution is 9.10. The summed E-state index contributed by atoms with van der Waals surface area (Å²) in [5.74, 6) is 0.916. The molecule has 1 aromatic heterocycles. The number of aromatic nitrogens is 3. The van der Waals surface area contributed by atoms with Crippen molar-refractivity contribution in [2.45, 2.75) is 18.3 Å². The Morgan fingerprint density at radius 2 is 1.93 bits per heavy atom. The Labute approximate surface area is 180 Å². The number of carbonyl (C=O) groups is 1. The maximum Gasteiger partial charge on any atom is 0.234 e. The van der Waals surface area contributed by atoms with Crippen molar-refractivity contribution < 1.29 is 13.9 Å². The minimum Gasteiger partial charge on any atom is -0.486 e. The zero-order chi connectivity index (χ0) is 20.6. The van der Waals surface area contributed by atoms with E-state index in [0.717, 1.165) is 4.47 Å². The number of hydrogen-bond acceptors (Lipinski definition) is 5. The highest BCUT2D eigenvalue weighted by Crippen LogP contribution is 2.20. The molecule has 3 aromatic rings. The SMILES string of the molecule is C=CCn1c(COc2ccc(Br)cc2)nnc1SCC(=O)Nc1ccc(F)cc1. The number of hydrogen-bond donors (Lipinski definition) is 1. The van der Waals surface area contributed by atoms with Gasteiger partial charge >= 0.3 is 0 Å². The molecule has 0 bridgehead atoms. The van der Waals surface area contributed by atoms with Gasteiger partial charge in [-0.15, -0.1) is 16.8 Å². The van der Waals surface area contributed by atoms with E-state index in [9.17, 15) is 9.18 Å². The van der Waals surface area contributed by atoms with Crippen molar-refractivity contribution in [3.05, 3.63) is 77.3 Å². The summed E-state index contributed by atoms with van der Waals surface area (Å²) in [6, 6.07) is 13.1. The largest absolute Gasteiger partial charge is 0.486 e. The minimum atomic E-state index is -0.354. The lowest BCUT2D eigenvalue weighted by Gasteiger charge is -2.09. The van der Waals surface area contributed by atoms with Crippen LogP contribution >= 0.6 is 27.7 Å². The molecule has 0 saturated carbocycles. The zero-order valence-corrected chi connectivity index (χ0v) is 17.7. The van der Waals surface area contributed by atoms with Crippen LogP contribution in [0.15, 0.2) is 70.8 Å². The third-order valence-corrected chi connectivity index (χ3v) is 5.24. The van der Waals surface area contributed by atoms with Crippen LogP contribution in [0.1, 0.15) is 5.82 Å². The molecule has 150 valence electrons. The van der Waals surface area contributed by atoms with Gasteiger partial charge in [0.25, 0.3) is 0 Å². The van der Waals surface area contributed by atoms with Gasteiger partial charge in [0.05, 0.1) is 5.75 Å². The first kappa shape index (κ1) is 21.1. The summed E-state index contributed by atoms with van der Waals surface area (Å²) in [7, 11) is 0. The summed E-state index contributed by atoms with van der Waals surface area (Å²) in [4.78, 5) is 12.2. The molecule has 0 radical (unpaired) electrons. The van der Waals surface area contributed by atoms with Crippen molar-refractivity contribution >= 4 is 39.3 Å². The summed E-state index contributed by atoms with van der Waals surface area (Å²) in [5.41, 5.74) is 0.535. The van der Waals surface area contributed by atoms with Gasteiger partial charge in [-0.3, -0.25) is 9.36 Å². The van der Waals surface area contributed by atoms with Crippen LogP contribution in [0, 0.1) is 5.82 Å². The van der Waals surface area contributed by atoms with Crippen LogP contribution in [-0.2, 0) is 17.9 Å². The van der Waals surface area contributed by atoms with Crippen molar-refractivity contribution in [3.8, 4) is 5.75 Å². The molecule has 0 unspecified atom stereocenters. The molecule has 9 heteroatoms. The van der Waals surface area contributed by atoms with Gasteiger partial charge in [-0.25, -0.2) is 4.39 Å². The first-order valence-electron chi connectivity index (χ1n) is 8.64. The Hall–Kier alpha value is -2.65. The van der Waals surface area contributed by atoms with Crippen LogP contribution in [0.25, 0.3) is 0 Å². The van der Waals surface area contributed by atoms with Gasteiger partial charge in [0.1, 0.15) is 18.2 Å². The van der Waals surface area contributed by atoms with Crippen molar-refractivity contribution in [2.24, 2.45) is 0 Å². The van der Waals surface area contributed by atoms with E-state index in [1.165, 1.54) is 36.0 Å². The fourth-order valence-electron chi connectivity index (χ4n) is 2.38. The van der Waals surface area contributed by atoms with Crippen molar-refractivity contribution in [2.75, 3.05) is 11.1 Å². The number of nitrogens with zero attached hydrogens (tertiary/aromatic N) is 3. The maximum absolute atomic E-state index is 12.9. The minimum absolute atomic E-state index is 0.139.